The fourth-order valence-electron chi connectivity index (χ4n) is 1.62. The molecule has 0 aromatic carbocycles. The first-order valence-electron chi connectivity index (χ1n) is 5.66. The number of hydrogen-bond donors (Lipinski definition) is 1. The summed E-state index contributed by atoms with van der Waals surface area (Å²) in [6, 6.07) is 2.55. The number of rotatable bonds is 2. The van der Waals surface area contributed by atoms with Crippen molar-refractivity contribution < 1.29 is 31.4 Å². The second-order valence-electron chi connectivity index (χ2n) is 5.46. The Labute approximate surface area is 116 Å². The van der Waals surface area contributed by atoms with Crippen LogP contribution in [0.2, 0.25) is 0 Å². The molecule has 0 spiro atoms. The van der Waals surface area contributed by atoms with Crippen LogP contribution in [-0.2, 0) is 5.41 Å². The van der Waals surface area contributed by atoms with E-state index in [1.807, 2.05) is 0 Å². The molecule has 1 nitrogen and oxygen atoms in total. The molecule has 1 atom stereocenters. The summed E-state index contributed by atoms with van der Waals surface area (Å²) < 4.78 is 75.1. The number of hydrogen-bond acceptors (Lipinski definition) is 2. The lowest BCUT2D eigenvalue weighted by Crippen LogP contribution is -2.40. The molecule has 116 valence electrons. The number of aliphatic hydroxyl groups is 1. The zero-order chi connectivity index (χ0) is 15.9. The van der Waals surface area contributed by atoms with Gasteiger partial charge in [0.2, 0.25) is 0 Å². The van der Waals surface area contributed by atoms with Gasteiger partial charge in [0.1, 0.15) is 6.10 Å². The van der Waals surface area contributed by atoms with Gasteiger partial charge >= 0.3 is 12.4 Å². The fourth-order valence-corrected chi connectivity index (χ4v) is 2.71. The minimum Gasteiger partial charge on any atom is -0.387 e. The summed E-state index contributed by atoms with van der Waals surface area (Å²) in [7, 11) is 0. The van der Waals surface area contributed by atoms with E-state index in [4.69, 9.17) is 0 Å². The maximum Gasteiger partial charge on any atom is 0.403 e. The van der Waals surface area contributed by atoms with Gasteiger partial charge in [0.15, 0.2) is 5.92 Å². The van der Waals surface area contributed by atoms with Crippen molar-refractivity contribution >= 4 is 11.3 Å². The number of thiophene rings is 1. The molecule has 1 aromatic rings. The Morgan fingerprint density at radius 3 is 1.70 bits per heavy atom. The van der Waals surface area contributed by atoms with E-state index in [0.29, 0.717) is 4.88 Å². The second kappa shape index (κ2) is 5.22. The van der Waals surface area contributed by atoms with Crippen LogP contribution in [0.1, 0.15) is 36.6 Å². The fraction of sp³-hybridized carbons (Fsp3) is 0.667. The van der Waals surface area contributed by atoms with E-state index in [2.05, 4.69) is 0 Å². The molecule has 1 unspecified atom stereocenters. The third-order valence-electron chi connectivity index (χ3n) is 2.68. The van der Waals surface area contributed by atoms with Crippen molar-refractivity contribution in [2.45, 2.75) is 44.6 Å². The van der Waals surface area contributed by atoms with Gasteiger partial charge in [0.05, 0.1) is 0 Å². The summed E-state index contributed by atoms with van der Waals surface area (Å²) in [4.78, 5) is 0.268. The van der Waals surface area contributed by atoms with Crippen LogP contribution in [0.25, 0.3) is 0 Å². The highest BCUT2D eigenvalue weighted by Gasteiger charge is 2.60. The summed E-state index contributed by atoms with van der Waals surface area (Å²) in [5.41, 5.74) is -0.408. The van der Waals surface area contributed by atoms with Gasteiger partial charge in [-0.25, -0.2) is 0 Å². The molecule has 0 aliphatic carbocycles. The Morgan fingerprint density at radius 2 is 1.40 bits per heavy atom. The maximum atomic E-state index is 12.5. The summed E-state index contributed by atoms with van der Waals surface area (Å²) in [5, 5.41) is 9.50. The van der Waals surface area contributed by atoms with Crippen LogP contribution >= 0.6 is 11.3 Å². The summed E-state index contributed by atoms with van der Waals surface area (Å²) >= 11 is 0.758. The molecule has 1 N–H and O–H groups in total. The average molecular weight is 320 g/mol. The molecule has 1 heterocycles. The number of halogens is 6. The van der Waals surface area contributed by atoms with E-state index >= 15 is 0 Å². The summed E-state index contributed by atoms with van der Waals surface area (Å²) in [6.45, 7) is 5.33. The van der Waals surface area contributed by atoms with Crippen LogP contribution in [0, 0.1) is 5.92 Å². The van der Waals surface area contributed by atoms with E-state index in [1.165, 1.54) is 6.07 Å². The smallest absolute Gasteiger partial charge is 0.387 e. The Hall–Kier alpha value is -0.760. The number of aliphatic hydroxyl groups excluding tert-OH is 1. The molecule has 1 rings (SSSR count). The largest absolute Gasteiger partial charge is 0.403 e. The molecule has 0 radical (unpaired) electrons. The predicted molar refractivity (Wildman–Crippen MR) is 63.6 cm³/mol. The molecule has 1 aromatic heterocycles. The first-order chi connectivity index (χ1) is 8.74. The van der Waals surface area contributed by atoms with Crippen LogP contribution in [0.3, 0.4) is 0 Å². The van der Waals surface area contributed by atoms with Gasteiger partial charge in [0, 0.05) is 9.75 Å². The van der Waals surface area contributed by atoms with Gasteiger partial charge in [0.25, 0.3) is 0 Å². The van der Waals surface area contributed by atoms with Gasteiger partial charge in [-0.3, -0.25) is 0 Å². The SMILES string of the molecule is CC(C)(C)c1ccc(C(O)C(C(F)(F)F)C(F)(F)F)s1. The van der Waals surface area contributed by atoms with Crippen molar-refractivity contribution in [3.63, 3.8) is 0 Å². The van der Waals surface area contributed by atoms with Crippen molar-refractivity contribution in [2.75, 3.05) is 0 Å². The average Bonchev–Trinajstić information content (AvgIpc) is 2.59. The first kappa shape index (κ1) is 17.3. The molecule has 20 heavy (non-hydrogen) atoms. The maximum absolute atomic E-state index is 12.5. The molecular weight excluding hydrogens is 306 g/mol. The third kappa shape index (κ3) is 3.88. The zero-order valence-corrected chi connectivity index (χ0v) is 11.7. The Morgan fingerprint density at radius 1 is 0.950 bits per heavy atom. The van der Waals surface area contributed by atoms with Crippen LogP contribution in [0.5, 0.6) is 0 Å². The van der Waals surface area contributed by atoms with Crippen molar-refractivity contribution in [2.24, 2.45) is 5.92 Å². The lowest BCUT2D eigenvalue weighted by Gasteiger charge is -2.26. The Balaban J connectivity index is 3.14. The molecule has 0 saturated heterocycles. The normalized spacial score (nSPS) is 15.8. The van der Waals surface area contributed by atoms with Crippen LogP contribution in [-0.4, -0.2) is 17.5 Å². The molecule has 0 saturated carbocycles. The number of alkyl halides is 6. The second-order valence-corrected chi connectivity index (χ2v) is 6.57. The van der Waals surface area contributed by atoms with E-state index in [0.717, 1.165) is 17.4 Å². The predicted octanol–water partition coefficient (Wildman–Crippen LogP) is 4.82. The minimum atomic E-state index is -5.55. The van der Waals surface area contributed by atoms with E-state index in [9.17, 15) is 31.4 Å². The van der Waals surface area contributed by atoms with Gasteiger partial charge in [-0.15, -0.1) is 11.3 Å². The zero-order valence-electron chi connectivity index (χ0n) is 10.9. The molecule has 0 aliphatic heterocycles. The monoisotopic (exact) mass is 320 g/mol. The summed E-state index contributed by atoms with van der Waals surface area (Å²) in [6.07, 6.45) is -13.7. The summed E-state index contributed by atoms with van der Waals surface area (Å²) in [5.74, 6) is -3.78. The van der Waals surface area contributed by atoms with Crippen molar-refractivity contribution in [1.29, 1.82) is 0 Å². The van der Waals surface area contributed by atoms with Crippen LogP contribution in [0.15, 0.2) is 12.1 Å². The minimum absolute atomic E-state index is 0.338. The van der Waals surface area contributed by atoms with Crippen molar-refractivity contribution in [1.82, 2.24) is 0 Å². The quantitative estimate of drug-likeness (QED) is 0.775. The lowest BCUT2D eigenvalue weighted by atomic mass is 9.94. The first-order valence-corrected chi connectivity index (χ1v) is 6.48. The van der Waals surface area contributed by atoms with E-state index < -0.39 is 29.8 Å². The molecule has 0 bridgehead atoms. The molecule has 8 heteroatoms. The Bertz CT molecular complexity index is 440. The lowest BCUT2D eigenvalue weighted by molar-refractivity contribution is -0.307. The molecule has 0 aliphatic rings. The van der Waals surface area contributed by atoms with Crippen molar-refractivity contribution in [3.8, 4) is 0 Å². The van der Waals surface area contributed by atoms with Gasteiger partial charge in [-0.05, 0) is 17.5 Å². The standard InChI is InChI=1S/C12H14F6OS/c1-10(2,3)7-5-4-6(20-7)8(19)9(11(13,14)15)12(16,17)18/h4-5,8-9,19H,1-3H3. The van der Waals surface area contributed by atoms with Crippen LogP contribution < -0.4 is 0 Å². The van der Waals surface area contributed by atoms with E-state index in [1.54, 1.807) is 20.8 Å². The van der Waals surface area contributed by atoms with Gasteiger partial charge < -0.3 is 5.11 Å². The Kier molecular flexibility index (Phi) is 4.51. The van der Waals surface area contributed by atoms with Crippen molar-refractivity contribution in [3.05, 3.63) is 21.9 Å². The highest BCUT2D eigenvalue weighted by Crippen LogP contribution is 2.48. The van der Waals surface area contributed by atoms with Crippen LogP contribution in [0.4, 0.5) is 26.3 Å². The van der Waals surface area contributed by atoms with Gasteiger partial charge in [-0.1, -0.05) is 20.8 Å². The molecule has 0 amide bonds. The third-order valence-corrected chi connectivity index (χ3v) is 4.26. The highest BCUT2D eigenvalue weighted by atomic mass is 32.1. The molecule has 0 fully saturated rings. The molecular formula is C12H14F6OS. The highest BCUT2D eigenvalue weighted by molar-refractivity contribution is 7.12. The topological polar surface area (TPSA) is 20.2 Å². The van der Waals surface area contributed by atoms with Gasteiger partial charge in [-0.2, -0.15) is 26.3 Å². The van der Waals surface area contributed by atoms with E-state index in [-0.39, 0.29) is 4.88 Å².